The van der Waals surface area contributed by atoms with Crippen molar-refractivity contribution >= 4 is 0 Å². The number of ether oxygens (including phenoxy) is 2. The Morgan fingerprint density at radius 2 is 2.00 bits per heavy atom. The highest BCUT2D eigenvalue weighted by atomic mass is 16.5. The SMILES string of the molecule is CCOc1ccc(C(N)CN2CCCC(OCC)C2)cc1. The summed E-state index contributed by atoms with van der Waals surface area (Å²) in [5, 5.41) is 0. The highest BCUT2D eigenvalue weighted by Gasteiger charge is 2.21. The molecule has 0 bridgehead atoms. The maximum Gasteiger partial charge on any atom is 0.119 e. The zero-order chi connectivity index (χ0) is 15.1. The lowest BCUT2D eigenvalue weighted by atomic mass is 10.0. The molecule has 1 aromatic carbocycles. The molecular weight excluding hydrogens is 264 g/mol. The summed E-state index contributed by atoms with van der Waals surface area (Å²) in [6.45, 7) is 8.54. The number of rotatable bonds is 7. The molecule has 2 rings (SSSR count). The molecule has 1 saturated heterocycles. The van der Waals surface area contributed by atoms with Crippen LogP contribution >= 0.6 is 0 Å². The first-order valence-electron chi connectivity index (χ1n) is 8.05. The van der Waals surface area contributed by atoms with Gasteiger partial charge in [-0.1, -0.05) is 12.1 Å². The summed E-state index contributed by atoms with van der Waals surface area (Å²) in [4.78, 5) is 2.42. The molecule has 1 aliphatic heterocycles. The third-order valence-corrected chi connectivity index (χ3v) is 3.94. The van der Waals surface area contributed by atoms with Crippen molar-refractivity contribution in [1.29, 1.82) is 0 Å². The Morgan fingerprint density at radius 3 is 2.67 bits per heavy atom. The second-order valence-electron chi connectivity index (χ2n) is 5.59. The molecule has 0 radical (unpaired) electrons. The van der Waals surface area contributed by atoms with E-state index in [2.05, 4.69) is 24.0 Å². The van der Waals surface area contributed by atoms with Crippen molar-refractivity contribution in [3.8, 4) is 5.75 Å². The Balaban J connectivity index is 1.86. The summed E-state index contributed by atoms with van der Waals surface area (Å²) in [6, 6.07) is 8.18. The molecule has 0 amide bonds. The summed E-state index contributed by atoms with van der Waals surface area (Å²) >= 11 is 0. The van der Waals surface area contributed by atoms with E-state index in [9.17, 15) is 0 Å². The molecular formula is C17H28N2O2. The second kappa shape index (κ2) is 8.37. The Morgan fingerprint density at radius 1 is 1.24 bits per heavy atom. The van der Waals surface area contributed by atoms with Crippen molar-refractivity contribution in [2.45, 2.75) is 38.8 Å². The number of nitrogens with two attached hydrogens (primary N) is 1. The van der Waals surface area contributed by atoms with Gasteiger partial charge >= 0.3 is 0 Å². The van der Waals surface area contributed by atoms with Crippen LogP contribution in [0.25, 0.3) is 0 Å². The number of nitrogens with zero attached hydrogens (tertiary/aromatic N) is 1. The maximum atomic E-state index is 6.35. The lowest BCUT2D eigenvalue weighted by molar-refractivity contribution is 0.00449. The molecule has 2 unspecified atom stereocenters. The predicted octanol–water partition coefficient (Wildman–Crippen LogP) is 2.59. The van der Waals surface area contributed by atoms with Gasteiger partial charge in [0.2, 0.25) is 0 Å². The van der Waals surface area contributed by atoms with Gasteiger partial charge in [-0.25, -0.2) is 0 Å². The van der Waals surface area contributed by atoms with Crippen LogP contribution in [0.15, 0.2) is 24.3 Å². The topological polar surface area (TPSA) is 47.7 Å². The lowest BCUT2D eigenvalue weighted by Crippen LogP contribution is -2.42. The zero-order valence-corrected chi connectivity index (χ0v) is 13.3. The van der Waals surface area contributed by atoms with Gasteiger partial charge in [0, 0.05) is 25.7 Å². The van der Waals surface area contributed by atoms with E-state index in [0.717, 1.165) is 37.6 Å². The number of piperidine rings is 1. The number of hydrogen-bond donors (Lipinski definition) is 1. The first-order chi connectivity index (χ1) is 10.2. The summed E-state index contributed by atoms with van der Waals surface area (Å²) in [5.74, 6) is 0.905. The van der Waals surface area contributed by atoms with Crippen molar-refractivity contribution in [2.24, 2.45) is 5.73 Å². The van der Waals surface area contributed by atoms with Gasteiger partial charge in [-0.05, 0) is 50.9 Å². The van der Waals surface area contributed by atoms with Crippen LogP contribution in [0.4, 0.5) is 0 Å². The molecule has 1 aromatic rings. The van der Waals surface area contributed by atoms with E-state index in [1.807, 2.05) is 19.1 Å². The van der Waals surface area contributed by atoms with Crippen LogP contribution < -0.4 is 10.5 Å². The van der Waals surface area contributed by atoms with E-state index in [1.54, 1.807) is 0 Å². The molecule has 4 nitrogen and oxygen atoms in total. The molecule has 1 heterocycles. The van der Waals surface area contributed by atoms with Crippen molar-refractivity contribution in [2.75, 3.05) is 32.8 Å². The van der Waals surface area contributed by atoms with Crippen molar-refractivity contribution in [3.63, 3.8) is 0 Å². The van der Waals surface area contributed by atoms with Crippen LogP contribution in [-0.4, -0.2) is 43.9 Å². The molecule has 2 N–H and O–H groups in total. The molecule has 0 spiro atoms. The van der Waals surface area contributed by atoms with Gasteiger partial charge in [0.05, 0.1) is 12.7 Å². The van der Waals surface area contributed by atoms with Crippen molar-refractivity contribution < 1.29 is 9.47 Å². The van der Waals surface area contributed by atoms with E-state index in [4.69, 9.17) is 15.2 Å². The number of hydrogen-bond acceptors (Lipinski definition) is 4. The van der Waals surface area contributed by atoms with Gasteiger partial charge in [-0.3, -0.25) is 4.90 Å². The van der Waals surface area contributed by atoms with Crippen LogP contribution in [0, 0.1) is 0 Å². The van der Waals surface area contributed by atoms with E-state index < -0.39 is 0 Å². The smallest absolute Gasteiger partial charge is 0.119 e. The molecule has 1 fully saturated rings. The minimum atomic E-state index is 0.0426. The van der Waals surface area contributed by atoms with Crippen LogP contribution in [-0.2, 0) is 4.74 Å². The van der Waals surface area contributed by atoms with Crippen molar-refractivity contribution in [1.82, 2.24) is 4.90 Å². The van der Waals surface area contributed by atoms with Crippen LogP contribution in [0.2, 0.25) is 0 Å². The zero-order valence-electron chi connectivity index (χ0n) is 13.3. The predicted molar refractivity (Wildman–Crippen MR) is 85.6 cm³/mol. The van der Waals surface area contributed by atoms with Gasteiger partial charge in [0.25, 0.3) is 0 Å². The molecule has 1 aliphatic rings. The molecule has 0 saturated carbocycles. The minimum Gasteiger partial charge on any atom is -0.494 e. The average Bonchev–Trinajstić information content (AvgIpc) is 2.49. The van der Waals surface area contributed by atoms with E-state index in [1.165, 1.54) is 12.8 Å². The minimum absolute atomic E-state index is 0.0426. The van der Waals surface area contributed by atoms with E-state index >= 15 is 0 Å². The lowest BCUT2D eigenvalue weighted by Gasteiger charge is -2.34. The third-order valence-electron chi connectivity index (χ3n) is 3.94. The molecule has 0 aliphatic carbocycles. The van der Waals surface area contributed by atoms with Gasteiger partial charge in [-0.2, -0.15) is 0 Å². The first kappa shape index (κ1) is 16.3. The number of benzene rings is 1. The van der Waals surface area contributed by atoms with Gasteiger partial charge < -0.3 is 15.2 Å². The highest BCUT2D eigenvalue weighted by molar-refractivity contribution is 5.29. The Kier molecular flexibility index (Phi) is 6.49. The maximum absolute atomic E-state index is 6.35. The Hall–Kier alpha value is -1.10. The number of likely N-dealkylation sites (tertiary alicyclic amines) is 1. The molecule has 0 aromatic heterocycles. The largest absolute Gasteiger partial charge is 0.494 e. The van der Waals surface area contributed by atoms with E-state index in [-0.39, 0.29) is 6.04 Å². The first-order valence-corrected chi connectivity index (χ1v) is 8.05. The molecule has 4 heteroatoms. The fourth-order valence-corrected chi connectivity index (χ4v) is 2.91. The summed E-state index contributed by atoms with van der Waals surface area (Å²) in [6.07, 6.45) is 2.74. The van der Waals surface area contributed by atoms with E-state index in [0.29, 0.717) is 12.7 Å². The van der Waals surface area contributed by atoms with Gasteiger partial charge in [0.15, 0.2) is 0 Å². The Bertz CT molecular complexity index is 406. The fourth-order valence-electron chi connectivity index (χ4n) is 2.91. The fraction of sp³-hybridized carbons (Fsp3) is 0.647. The molecule has 2 atom stereocenters. The Labute approximate surface area is 128 Å². The van der Waals surface area contributed by atoms with Crippen LogP contribution in [0.3, 0.4) is 0 Å². The van der Waals surface area contributed by atoms with Crippen LogP contribution in [0.1, 0.15) is 38.3 Å². The molecule has 21 heavy (non-hydrogen) atoms. The summed E-state index contributed by atoms with van der Waals surface area (Å²) in [7, 11) is 0. The molecule has 118 valence electrons. The van der Waals surface area contributed by atoms with Crippen LogP contribution in [0.5, 0.6) is 5.75 Å². The summed E-state index contributed by atoms with van der Waals surface area (Å²) in [5.41, 5.74) is 7.51. The van der Waals surface area contributed by atoms with Gasteiger partial charge in [0.1, 0.15) is 5.75 Å². The van der Waals surface area contributed by atoms with Gasteiger partial charge in [-0.15, -0.1) is 0 Å². The quantitative estimate of drug-likeness (QED) is 0.839. The standard InChI is InChI=1S/C17H28N2O2/c1-3-20-15-9-7-14(8-10-15)17(18)13-19-11-5-6-16(12-19)21-4-2/h7-10,16-17H,3-6,11-13,18H2,1-2H3. The summed E-state index contributed by atoms with van der Waals surface area (Å²) < 4.78 is 11.2. The highest BCUT2D eigenvalue weighted by Crippen LogP contribution is 2.20. The van der Waals surface area contributed by atoms with Crippen molar-refractivity contribution in [3.05, 3.63) is 29.8 Å². The monoisotopic (exact) mass is 292 g/mol. The normalized spacial score (nSPS) is 21.2. The second-order valence-corrected chi connectivity index (χ2v) is 5.59. The average molecular weight is 292 g/mol. The third kappa shape index (κ3) is 4.99.